The average Bonchev–Trinajstić information content (AvgIpc) is 3.24. The van der Waals surface area contributed by atoms with Gasteiger partial charge in [0.1, 0.15) is 12.1 Å². The first-order valence-corrected chi connectivity index (χ1v) is 7.51. The lowest BCUT2D eigenvalue weighted by Crippen LogP contribution is -2.54. The Labute approximate surface area is 118 Å². The molecule has 1 aliphatic heterocycles. The molecule has 4 amide bonds. The molecule has 2 aliphatic carbocycles. The third-order valence-electron chi connectivity index (χ3n) is 4.67. The molecular formula is C14H21N3O3. The number of imide groups is 1. The highest BCUT2D eigenvalue weighted by Gasteiger charge is 2.53. The van der Waals surface area contributed by atoms with Crippen molar-refractivity contribution in [2.45, 2.75) is 50.5 Å². The second-order valence-corrected chi connectivity index (χ2v) is 6.19. The molecule has 6 nitrogen and oxygen atoms in total. The van der Waals surface area contributed by atoms with Crippen LogP contribution in [0, 0.1) is 5.92 Å². The van der Waals surface area contributed by atoms with Gasteiger partial charge in [0, 0.05) is 6.54 Å². The number of urea groups is 1. The summed E-state index contributed by atoms with van der Waals surface area (Å²) < 4.78 is 0. The number of nitrogens with one attached hydrogen (secondary N) is 2. The minimum absolute atomic E-state index is 0.00963. The minimum Gasteiger partial charge on any atom is -0.354 e. The van der Waals surface area contributed by atoms with Crippen molar-refractivity contribution in [1.82, 2.24) is 15.5 Å². The molecular weight excluding hydrogens is 258 g/mol. The molecule has 0 aromatic carbocycles. The molecule has 1 spiro atoms. The van der Waals surface area contributed by atoms with Crippen molar-refractivity contribution in [3.05, 3.63) is 0 Å². The largest absolute Gasteiger partial charge is 0.354 e. The van der Waals surface area contributed by atoms with E-state index < -0.39 is 11.6 Å². The quantitative estimate of drug-likeness (QED) is 0.746. The zero-order chi connectivity index (χ0) is 14.2. The number of rotatable bonds is 4. The van der Waals surface area contributed by atoms with Crippen LogP contribution in [0.1, 0.15) is 44.9 Å². The average molecular weight is 279 g/mol. The van der Waals surface area contributed by atoms with Gasteiger partial charge in [-0.3, -0.25) is 14.9 Å². The maximum Gasteiger partial charge on any atom is 0.325 e. The van der Waals surface area contributed by atoms with Crippen molar-refractivity contribution in [2.75, 3.05) is 13.1 Å². The first-order valence-electron chi connectivity index (χ1n) is 7.51. The van der Waals surface area contributed by atoms with E-state index in [2.05, 4.69) is 10.6 Å². The SMILES string of the molecule is O=C(CN1C(=O)NC(=O)C12CCCCC2)NCC1CC1. The first kappa shape index (κ1) is 13.4. The molecule has 3 fully saturated rings. The third-order valence-corrected chi connectivity index (χ3v) is 4.67. The van der Waals surface area contributed by atoms with E-state index in [1.54, 1.807) is 0 Å². The van der Waals surface area contributed by atoms with Crippen molar-refractivity contribution in [2.24, 2.45) is 5.92 Å². The van der Waals surface area contributed by atoms with E-state index in [0.717, 1.165) is 19.3 Å². The van der Waals surface area contributed by atoms with Crippen LogP contribution >= 0.6 is 0 Å². The van der Waals surface area contributed by atoms with E-state index in [1.807, 2.05) is 0 Å². The molecule has 2 saturated carbocycles. The van der Waals surface area contributed by atoms with Crippen LogP contribution in [0.4, 0.5) is 4.79 Å². The van der Waals surface area contributed by atoms with Crippen LogP contribution in [0.2, 0.25) is 0 Å². The molecule has 0 atom stereocenters. The predicted octanol–water partition coefficient (Wildman–Crippen LogP) is 0.767. The fourth-order valence-corrected chi connectivity index (χ4v) is 3.23. The Morgan fingerprint density at radius 2 is 1.95 bits per heavy atom. The van der Waals surface area contributed by atoms with Gasteiger partial charge in [0.05, 0.1) is 0 Å². The summed E-state index contributed by atoms with van der Waals surface area (Å²) >= 11 is 0. The molecule has 0 aromatic rings. The molecule has 20 heavy (non-hydrogen) atoms. The number of carbonyl (C=O) groups excluding carboxylic acids is 3. The topological polar surface area (TPSA) is 78.5 Å². The summed E-state index contributed by atoms with van der Waals surface area (Å²) in [6, 6.07) is -0.418. The van der Waals surface area contributed by atoms with Gasteiger partial charge < -0.3 is 10.2 Å². The number of amides is 4. The van der Waals surface area contributed by atoms with E-state index in [0.29, 0.717) is 25.3 Å². The molecule has 0 bridgehead atoms. The maximum absolute atomic E-state index is 12.1. The smallest absolute Gasteiger partial charge is 0.325 e. The number of carbonyl (C=O) groups is 3. The van der Waals surface area contributed by atoms with Gasteiger partial charge in [-0.25, -0.2) is 4.79 Å². The van der Waals surface area contributed by atoms with Crippen LogP contribution in [-0.2, 0) is 9.59 Å². The molecule has 6 heteroatoms. The predicted molar refractivity (Wildman–Crippen MR) is 71.8 cm³/mol. The van der Waals surface area contributed by atoms with Gasteiger partial charge >= 0.3 is 6.03 Å². The van der Waals surface area contributed by atoms with Gasteiger partial charge in [0.15, 0.2) is 0 Å². The Bertz CT molecular complexity index is 439. The van der Waals surface area contributed by atoms with Gasteiger partial charge in [-0.05, 0) is 31.6 Å². The van der Waals surface area contributed by atoms with E-state index in [9.17, 15) is 14.4 Å². The lowest BCUT2D eigenvalue weighted by Gasteiger charge is -2.37. The van der Waals surface area contributed by atoms with Crippen molar-refractivity contribution in [1.29, 1.82) is 0 Å². The Kier molecular flexibility index (Phi) is 3.40. The maximum atomic E-state index is 12.1. The van der Waals surface area contributed by atoms with E-state index in [1.165, 1.54) is 17.7 Å². The summed E-state index contributed by atoms with van der Waals surface area (Å²) in [5, 5.41) is 5.24. The Morgan fingerprint density at radius 3 is 2.60 bits per heavy atom. The summed E-state index contributed by atoms with van der Waals surface area (Å²) in [6.07, 6.45) is 6.63. The van der Waals surface area contributed by atoms with Crippen LogP contribution < -0.4 is 10.6 Å². The van der Waals surface area contributed by atoms with Crippen molar-refractivity contribution < 1.29 is 14.4 Å². The number of nitrogens with zero attached hydrogens (tertiary/aromatic N) is 1. The molecule has 0 unspecified atom stereocenters. The highest BCUT2D eigenvalue weighted by Crippen LogP contribution is 2.36. The lowest BCUT2D eigenvalue weighted by molar-refractivity contribution is -0.130. The zero-order valence-electron chi connectivity index (χ0n) is 11.6. The fourth-order valence-electron chi connectivity index (χ4n) is 3.23. The Morgan fingerprint density at radius 1 is 1.25 bits per heavy atom. The lowest BCUT2D eigenvalue weighted by atomic mass is 9.80. The van der Waals surface area contributed by atoms with Gasteiger partial charge in [0.25, 0.3) is 5.91 Å². The summed E-state index contributed by atoms with van der Waals surface area (Å²) in [5.41, 5.74) is -0.772. The van der Waals surface area contributed by atoms with Crippen LogP contribution in [-0.4, -0.2) is 41.4 Å². The van der Waals surface area contributed by atoms with Gasteiger partial charge in [-0.1, -0.05) is 19.3 Å². The normalized spacial score (nSPS) is 24.9. The Balaban J connectivity index is 1.66. The highest BCUT2D eigenvalue weighted by molar-refractivity contribution is 6.08. The van der Waals surface area contributed by atoms with E-state index in [-0.39, 0.29) is 18.4 Å². The summed E-state index contributed by atoms with van der Waals surface area (Å²) in [7, 11) is 0. The number of hydrogen-bond donors (Lipinski definition) is 2. The van der Waals surface area contributed by atoms with E-state index >= 15 is 0 Å². The van der Waals surface area contributed by atoms with Gasteiger partial charge in [-0.15, -0.1) is 0 Å². The van der Waals surface area contributed by atoms with Crippen LogP contribution in [0.3, 0.4) is 0 Å². The van der Waals surface area contributed by atoms with Crippen LogP contribution in [0.5, 0.6) is 0 Å². The molecule has 1 saturated heterocycles. The summed E-state index contributed by atoms with van der Waals surface area (Å²) in [4.78, 5) is 37.5. The second kappa shape index (κ2) is 5.07. The molecule has 2 N–H and O–H groups in total. The van der Waals surface area contributed by atoms with Crippen LogP contribution in [0.25, 0.3) is 0 Å². The fraction of sp³-hybridized carbons (Fsp3) is 0.786. The van der Waals surface area contributed by atoms with Crippen molar-refractivity contribution in [3.63, 3.8) is 0 Å². The van der Waals surface area contributed by atoms with Crippen LogP contribution in [0.15, 0.2) is 0 Å². The van der Waals surface area contributed by atoms with Gasteiger partial charge in [-0.2, -0.15) is 0 Å². The summed E-state index contributed by atoms with van der Waals surface area (Å²) in [6.45, 7) is 0.680. The third kappa shape index (κ3) is 2.39. The van der Waals surface area contributed by atoms with Crippen molar-refractivity contribution >= 4 is 17.8 Å². The monoisotopic (exact) mass is 279 g/mol. The zero-order valence-corrected chi connectivity index (χ0v) is 11.6. The minimum atomic E-state index is -0.772. The Hall–Kier alpha value is -1.59. The molecule has 1 heterocycles. The van der Waals surface area contributed by atoms with E-state index in [4.69, 9.17) is 0 Å². The second-order valence-electron chi connectivity index (χ2n) is 6.19. The molecule has 3 rings (SSSR count). The molecule has 0 radical (unpaired) electrons. The highest BCUT2D eigenvalue weighted by atomic mass is 16.2. The molecule has 0 aromatic heterocycles. The van der Waals surface area contributed by atoms with Gasteiger partial charge in [0.2, 0.25) is 5.91 Å². The number of hydrogen-bond acceptors (Lipinski definition) is 3. The first-order chi connectivity index (χ1) is 9.62. The molecule has 3 aliphatic rings. The standard InChI is InChI=1S/C14H21N3O3/c18-11(15-8-10-4-5-10)9-17-13(20)16-12(19)14(17)6-2-1-3-7-14/h10H,1-9H2,(H,15,18)(H,16,19,20). The summed E-state index contributed by atoms with van der Waals surface area (Å²) in [5.74, 6) is 0.223. The molecule has 110 valence electrons. The van der Waals surface area contributed by atoms with Crippen molar-refractivity contribution in [3.8, 4) is 0 Å².